The van der Waals surface area contributed by atoms with E-state index in [1.165, 1.54) is 18.5 Å². The second kappa shape index (κ2) is 5.73. The van der Waals surface area contributed by atoms with Gasteiger partial charge in [-0.05, 0) is 29.8 Å². The second-order valence-electron chi connectivity index (χ2n) is 6.56. The molecule has 4 aromatic rings. The van der Waals surface area contributed by atoms with Crippen LogP contribution in [-0.4, -0.2) is 25.0 Å². The van der Waals surface area contributed by atoms with Crippen molar-refractivity contribution in [3.05, 3.63) is 82.0 Å². The van der Waals surface area contributed by atoms with Gasteiger partial charge in [-0.3, -0.25) is 9.48 Å². The number of rotatable bonds is 2. The summed E-state index contributed by atoms with van der Waals surface area (Å²) in [6.07, 6.45) is 1.49. The SMILES string of the molecule is Cn1ncnc1[C@@H]1c2n[nH]c(=O)c3cccc(c23)N[C@H]1c1ccc(F)cc1. The molecular weight excluding hydrogens is 347 g/mol. The molecule has 3 heterocycles. The Morgan fingerprint density at radius 3 is 2.70 bits per heavy atom. The third-order valence-electron chi connectivity index (χ3n) is 5.04. The Kier molecular flexibility index (Phi) is 3.33. The van der Waals surface area contributed by atoms with Gasteiger partial charge < -0.3 is 5.32 Å². The summed E-state index contributed by atoms with van der Waals surface area (Å²) in [6.45, 7) is 0. The van der Waals surface area contributed by atoms with Gasteiger partial charge in [-0.25, -0.2) is 14.5 Å². The number of benzene rings is 2. The molecule has 8 heteroatoms. The molecule has 2 N–H and O–H groups in total. The Bertz CT molecular complexity index is 1210. The first-order valence-electron chi connectivity index (χ1n) is 8.50. The van der Waals surface area contributed by atoms with Crippen molar-refractivity contribution in [2.24, 2.45) is 7.05 Å². The van der Waals surface area contributed by atoms with E-state index in [0.29, 0.717) is 16.9 Å². The van der Waals surface area contributed by atoms with Crippen molar-refractivity contribution in [2.75, 3.05) is 5.32 Å². The number of aryl methyl sites for hydroxylation is 1. The van der Waals surface area contributed by atoms with E-state index < -0.39 is 0 Å². The first kappa shape index (κ1) is 15.7. The molecular formula is C19H15FN6O. The molecule has 0 aliphatic carbocycles. The van der Waals surface area contributed by atoms with Gasteiger partial charge >= 0.3 is 0 Å². The maximum atomic E-state index is 13.5. The Balaban J connectivity index is 1.81. The number of aromatic nitrogens is 5. The number of nitrogens with zero attached hydrogens (tertiary/aromatic N) is 4. The summed E-state index contributed by atoms with van der Waals surface area (Å²) in [4.78, 5) is 16.7. The quantitative estimate of drug-likeness (QED) is 0.572. The normalized spacial score (nSPS) is 18.4. The molecule has 1 aliphatic rings. The molecule has 27 heavy (non-hydrogen) atoms. The first-order chi connectivity index (χ1) is 13.1. The number of aromatic amines is 1. The largest absolute Gasteiger partial charge is 0.377 e. The second-order valence-corrected chi connectivity index (χ2v) is 6.56. The molecule has 0 amide bonds. The number of anilines is 1. The van der Waals surface area contributed by atoms with Crippen molar-refractivity contribution < 1.29 is 4.39 Å². The summed E-state index contributed by atoms with van der Waals surface area (Å²) in [5.74, 6) is 0.0964. The van der Waals surface area contributed by atoms with Crippen LogP contribution in [0.15, 0.2) is 53.6 Å². The van der Waals surface area contributed by atoms with E-state index in [1.54, 1.807) is 22.9 Å². The first-order valence-corrected chi connectivity index (χ1v) is 8.50. The third kappa shape index (κ3) is 2.33. The molecule has 5 rings (SSSR count). The molecule has 0 saturated heterocycles. The fraction of sp³-hybridized carbons (Fsp3) is 0.158. The Morgan fingerprint density at radius 1 is 1.15 bits per heavy atom. The average molecular weight is 362 g/mol. The summed E-state index contributed by atoms with van der Waals surface area (Å²) in [7, 11) is 1.81. The maximum Gasteiger partial charge on any atom is 0.272 e. The van der Waals surface area contributed by atoms with Crippen molar-refractivity contribution in [3.63, 3.8) is 0 Å². The van der Waals surface area contributed by atoms with E-state index in [9.17, 15) is 9.18 Å². The minimum absolute atomic E-state index is 0.241. The van der Waals surface area contributed by atoms with Crippen LogP contribution in [0.3, 0.4) is 0 Å². The molecule has 0 unspecified atom stereocenters. The van der Waals surface area contributed by atoms with Crippen LogP contribution in [0.1, 0.15) is 29.0 Å². The van der Waals surface area contributed by atoms with Gasteiger partial charge in [0.2, 0.25) is 0 Å². The summed E-state index contributed by atoms with van der Waals surface area (Å²) in [5, 5.41) is 16.0. The summed E-state index contributed by atoms with van der Waals surface area (Å²) < 4.78 is 15.1. The van der Waals surface area contributed by atoms with Gasteiger partial charge in [0.25, 0.3) is 5.56 Å². The van der Waals surface area contributed by atoms with E-state index in [4.69, 9.17) is 0 Å². The monoisotopic (exact) mass is 362 g/mol. The lowest BCUT2D eigenvalue weighted by Gasteiger charge is -2.33. The van der Waals surface area contributed by atoms with Crippen molar-refractivity contribution in [3.8, 4) is 0 Å². The number of nitrogens with one attached hydrogen (secondary N) is 2. The van der Waals surface area contributed by atoms with E-state index in [-0.39, 0.29) is 23.3 Å². The Morgan fingerprint density at radius 2 is 1.96 bits per heavy atom. The highest BCUT2D eigenvalue weighted by Crippen LogP contribution is 2.45. The highest BCUT2D eigenvalue weighted by molar-refractivity contribution is 5.97. The third-order valence-corrected chi connectivity index (χ3v) is 5.04. The van der Waals surface area contributed by atoms with E-state index in [0.717, 1.165) is 16.6 Å². The fourth-order valence-electron chi connectivity index (χ4n) is 3.80. The molecule has 2 aromatic carbocycles. The van der Waals surface area contributed by atoms with Gasteiger partial charge in [-0.15, -0.1) is 0 Å². The molecule has 0 spiro atoms. The van der Waals surface area contributed by atoms with Gasteiger partial charge in [0.1, 0.15) is 18.0 Å². The number of halogens is 1. The standard InChI is InChI=1S/C19H15FN6O/c1-26-18(21-9-22-26)15-16(10-5-7-11(20)8-6-10)23-13-4-2-3-12-14(13)17(15)24-25-19(12)27/h2-9,15-16,23H,1H3,(H,25,27)/t15-,16-/m0/s1. The van der Waals surface area contributed by atoms with Crippen LogP contribution >= 0.6 is 0 Å². The van der Waals surface area contributed by atoms with Crippen LogP contribution in [0.4, 0.5) is 10.1 Å². The zero-order valence-corrected chi connectivity index (χ0v) is 14.3. The van der Waals surface area contributed by atoms with Crippen LogP contribution in [-0.2, 0) is 7.05 Å². The van der Waals surface area contributed by atoms with E-state index in [1.807, 2.05) is 19.2 Å². The van der Waals surface area contributed by atoms with E-state index in [2.05, 4.69) is 25.6 Å². The minimum Gasteiger partial charge on any atom is -0.377 e. The van der Waals surface area contributed by atoms with Gasteiger partial charge in [0.15, 0.2) is 0 Å². The smallest absolute Gasteiger partial charge is 0.272 e. The van der Waals surface area contributed by atoms with Crippen LogP contribution in [0.5, 0.6) is 0 Å². The van der Waals surface area contributed by atoms with Crippen LogP contribution in [0, 0.1) is 5.82 Å². The highest BCUT2D eigenvalue weighted by Gasteiger charge is 2.37. The Labute approximate surface area is 152 Å². The van der Waals surface area contributed by atoms with Gasteiger partial charge in [0, 0.05) is 18.1 Å². The molecule has 0 radical (unpaired) electrons. The van der Waals surface area contributed by atoms with Crippen molar-refractivity contribution >= 4 is 16.5 Å². The zero-order chi connectivity index (χ0) is 18.5. The Hall–Kier alpha value is -3.55. The van der Waals surface area contributed by atoms with Gasteiger partial charge in [0.05, 0.1) is 23.0 Å². The lowest BCUT2D eigenvalue weighted by atomic mass is 9.83. The van der Waals surface area contributed by atoms with E-state index >= 15 is 0 Å². The summed E-state index contributed by atoms with van der Waals surface area (Å²) in [6, 6.07) is 11.6. The highest BCUT2D eigenvalue weighted by atomic mass is 19.1. The molecule has 0 bridgehead atoms. The molecule has 0 saturated carbocycles. The van der Waals surface area contributed by atoms with Crippen molar-refractivity contribution in [1.82, 2.24) is 25.0 Å². The molecule has 2 aromatic heterocycles. The molecule has 7 nitrogen and oxygen atoms in total. The molecule has 2 atom stereocenters. The predicted octanol–water partition coefficient (Wildman–Crippen LogP) is 2.49. The van der Waals surface area contributed by atoms with Crippen molar-refractivity contribution in [1.29, 1.82) is 0 Å². The zero-order valence-electron chi connectivity index (χ0n) is 14.3. The number of H-pyrrole nitrogens is 1. The van der Waals surface area contributed by atoms with Crippen LogP contribution in [0.2, 0.25) is 0 Å². The van der Waals surface area contributed by atoms with Crippen LogP contribution in [0.25, 0.3) is 10.8 Å². The summed E-state index contributed by atoms with van der Waals surface area (Å²) >= 11 is 0. The van der Waals surface area contributed by atoms with Crippen molar-refractivity contribution in [2.45, 2.75) is 12.0 Å². The predicted molar refractivity (Wildman–Crippen MR) is 98.0 cm³/mol. The number of hydrogen-bond donors (Lipinski definition) is 2. The molecule has 1 aliphatic heterocycles. The summed E-state index contributed by atoms with van der Waals surface area (Å²) in [5.41, 5.74) is 2.17. The topological polar surface area (TPSA) is 88.5 Å². The lowest BCUT2D eigenvalue weighted by molar-refractivity contribution is 0.564. The lowest BCUT2D eigenvalue weighted by Crippen LogP contribution is -2.29. The maximum absolute atomic E-state index is 13.5. The van der Waals surface area contributed by atoms with Gasteiger partial charge in [-0.2, -0.15) is 10.2 Å². The number of hydrogen-bond acceptors (Lipinski definition) is 5. The minimum atomic E-state index is -0.308. The fourth-order valence-corrected chi connectivity index (χ4v) is 3.80. The molecule has 134 valence electrons. The average Bonchev–Trinajstić information content (AvgIpc) is 3.10. The van der Waals surface area contributed by atoms with Gasteiger partial charge in [-0.1, -0.05) is 18.2 Å². The molecule has 0 fully saturated rings. The van der Waals surface area contributed by atoms with Crippen LogP contribution < -0.4 is 10.9 Å².